The van der Waals surface area contributed by atoms with Crippen molar-refractivity contribution in [2.45, 2.75) is 53.5 Å². The number of aliphatic hydroxyl groups is 1. The van der Waals surface area contributed by atoms with Crippen molar-refractivity contribution in [3.63, 3.8) is 0 Å². The molecule has 160 valence electrons. The maximum absolute atomic E-state index is 10.1. The molecule has 1 N–H and O–H groups in total. The van der Waals surface area contributed by atoms with Crippen molar-refractivity contribution < 1.29 is 5.11 Å². The lowest BCUT2D eigenvalue weighted by Crippen LogP contribution is -2.45. The van der Waals surface area contributed by atoms with Crippen molar-refractivity contribution in [1.82, 2.24) is 9.88 Å². The molecule has 1 aromatic heterocycles. The van der Waals surface area contributed by atoms with Gasteiger partial charge in [-0.05, 0) is 65.7 Å². The summed E-state index contributed by atoms with van der Waals surface area (Å²) in [6.07, 6.45) is 7.86. The fraction of sp³-hybridized carbons (Fsp3) is 0.321. The maximum Gasteiger partial charge on any atom is 0.117 e. The van der Waals surface area contributed by atoms with E-state index in [-0.39, 0.29) is 17.2 Å². The molecule has 0 fully saturated rings. The number of aliphatic hydroxyl groups excluding tert-OH is 1. The topological polar surface area (TPSA) is 36.4 Å². The third kappa shape index (κ3) is 3.63. The van der Waals surface area contributed by atoms with Crippen LogP contribution in [0.1, 0.15) is 50.1 Å². The number of benzene rings is 1. The molecule has 2 aliphatic heterocycles. The first-order valence-corrected chi connectivity index (χ1v) is 11.0. The third-order valence-corrected chi connectivity index (χ3v) is 6.55. The van der Waals surface area contributed by atoms with Crippen molar-refractivity contribution in [3.05, 3.63) is 95.2 Å². The zero-order valence-corrected chi connectivity index (χ0v) is 19.3. The minimum Gasteiger partial charge on any atom is -0.508 e. The number of aromatic nitrogens is 1. The van der Waals surface area contributed by atoms with Crippen LogP contribution in [0.4, 0.5) is 0 Å². The van der Waals surface area contributed by atoms with E-state index < -0.39 is 0 Å². The first-order valence-electron chi connectivity index (χ1n) is 11.0. The molecule has 0 saturated carbocycles. The molecule has 1 aromatic carbocycles. The fourth-order valence-corrected chi connectivity index (χ4v) is 4.78. The number of fused-ring (bicyclic) bond motifs is 3. The van der Waals surface area contributed by atoms with Gasteiger partial charge in [0.1, 0.15) is 5.76 Å². The predicted octanol–water partition coefficient (Wildman–Crippen LogP) is 6.76. The minimum absolute atomic E-state index is 0.0433. The quantitative estimate of drug-likeness (QED) is 0.566. The van der Waals surface area contributed by atoms with Crippen LogP contribution < -0.4 is 0 Å². The molecule has 0 bridgehead atoms. The number of allylic oxidation sites excluding steroid dienone is 2. The Morgan fingerprint density at radius 1 is 1.23 bits per heavy atom. The van der Waals surface area contributed by atoms with Gasteiger partial charge < -0.3 is 10.0 Å². The van der Waals surface area contributed by atoms with Gasteiger partial charge in [-0.3, -0.25) is 4.98 Å². The van der Waals surface area contributed by atoms with E-state index in [4.69, 9.17) is 0 Å². The molecule has 3 heterocycles. The third-order valence-electron chi connectivity index (χ3n) is 6.55. The van der Waals surface area contributed by atoms with Gasteiger partial charge in [-0.25, -0.2) is 0 Å². The van der Waals surface area contributed by atoms with Crippen molar-refractivity contribution >= 4 is 5.70 Å². The summed E-state index contributed by atoms with van der Waals surface area (Å²) in [6.45, 7) is 19.0. The summed E-state index contributed by atoms with van der Waals surface area (Å²) in [5.41, 5.74) is 10.2. The number of hydrogen-bond acceptors (Lipinski definition) is 3. The number of nitrogens with zero attached hydrogens (tertiary/aromatic N) is 2. The predicted molar refractivity (Wildman–Crippen MR) is 130 cm³/mol. The number of hydrogen-bond donors (Lipinski definition) is 1. The van der Waals surface area contributed by atoms with E-state index in [1.807, 2.05) is 18.5 Å². The van der Waals surface area contributed by atoms with E-state index in [0.717, 1.165) is 29.8 Å². The van der Waals surface area contributed by atoms with Crippen LogP contribution in [-0.4, -0.2) is 21.0 Å². The van der Waals surface area contributed by atoms with Gasteiger partial charge in [0, 0.05) is 46.5 Å². The van der Waals surface area contributed by atoms with Gasteiger partial charge in [0.25, 0.3) is 0 Å². The molecular formula is C28H32N2O. The lowest BCUT2D eigenvalue weighted by Gasteiger charge is -2.47. The first-order chi connectivity index (χ1) is 14.6. The summed E-state index contributed by atoms with van der Waals surface area (Å²) in [5, 5.41) is 10.1. The highest BCUT2D eigenvalue weighted by Crippen LogP contribution is 2.45. The van der Waals surface area contributed by atoms with Gasteiger partial charge in [-0.1, -0.05) is 53.0 Å². The van der Waals surface area contributed by atoms with E-state index in [1.165, 1.54) is 27.8 Å². The number of aryl methyl sites for hydroxylation is 2. The summed E-state index contributed by atoms with van der Waals surface area (Å²) < 4.78 is 0. The lowest BCUT2D eigenvalue weighted by molar-refractivity contribution is 0.188. The minimum atomic E-state index is 0.0433. The molecule has 3 heteroatoms. The maximum atomic E-state index is 10.1. The highest BCUT2D eigenvalue weighted by atomic mass is 16.3. The van der Waals surface area contributed by atoms with Crippen molar-refractivity contribution in [3.8, 4) is 11.1 Å². The Morgan fingerprint density at radius 2 is 1.97 bits per heavy atom. The Bertz CT molecular complexity index is 1140. The van der Waals surface area contributed by atoms with Crippen LogP contribution in [0.3, 0.4) is 0 Å². The molecule has 31 heavy (non-hydrogen) atoms. The zero-order chi connectivity index (χ0) is 22.5. The van der Waals surface area contributed by atoms with Crippen molar-refractivity contribution in [2.75, 3.05) is 0 Å². The molecule has 0 spiro atoms. The Labute approximate surface area is 186 Å². The summed E-state index contributed by atoms with van der Waals surface area (Å²) in [6, 6.07) is 9.16. The molecule has 0 radical (unpaired) electrons. The molecular weight excluding hydrogens is 380 g/mol. The van der Waals surface area contributed by atoms with Gasteiger partial charge in [0.15, 0.2) is 0 Å². The monoisotopic (exact) mass is 412 g/mol. The molecule has 2 aliphatic rings. The van der Waals surface area contributed by atoms with Crippen LogP contribution in [0, 0.1) is 12.3 Å². The largest absolute Gasteiger partial charge is 0.508 e. The van der Waals surface area contributed by atoms with E-state index in [2.05, 4.69) is 81.9 Å². The van der Waals surface area contributed by atoms with Gasteiger partial charge in [0.2, 0.25) is 0 Å². The van der Waals surface area contributed by atoms with Crippen LogP contribution in [0.2, 0.25) is 0 Å². The van der Waals surface area contributed by atoms with Gasteiger partial charge >= 0.3 is 0 Å². The molecule has 3 nitrogen and oxygen atoms in total. The summed E-state index contributed by atoms with van der Waals surface area (Å²) >= 11 is 0. The average Bonchev–Trinajstić information content (AvgIpc) is 2.71. The summed E-state index contributed by atoms with van der Waals surface area (Å²) in [7, 11) is 0. The van der Waals surface area contributed by atoms with Gasteiger partial charge in [-0.2, -0.15) is 0 Å². The highest BCUT2D eigenvalue weighted by Gasteiger charge is 2.38. The van der Waals surface area contributed by atoms with Crippen LogP contribution in [0.25, 0.3) is 16.8 Å². The second-order valence-electron chi connectivity index (χ2n) is 9.69. The molecule has 0 amide bonds. The zero-order valence-electron chi connectivity index (χ0n) is 19.3. The SMILES string of the molecule is C=C(O)C1=CN2C(=CC1=C)c1cc(CC)c(-c3cccnc3C)cc1CC2C(C)(C)C. The second-order valence-corrected chi connectivity index (χ2v) is 9.69. The summed E-state index contributed by atoms with van der Waals surface area (Å²) in [4.78, 5) is 6.85. The molecule has 2 aromatic rings. The van der Waals surface area contributed by atoms with Crippen LogP contribution >= 0.6 is 0 Å². The Kier molecular flexibility index (Phi) is 5.17. The molecule has 1 atom stereocenters. The van der Waals surface area contributed by atoms with E-state index in [1.54, 1.807) is 0 Å². The number of rotatable bonds is 3. The van der Waals surface area contributed by atoms with Gasteiger partial charge in [-0.15, -0.1) is 0 Å². The standard InChI is InChI=1S/C28H32N2O/c1-8-20-13-24-21(14-23(20)22-10-9-11-29-18(22)3)15-27(28(5,6)7)30-16-25(19(4)31)17(2)12-26(24)30/h9-14,16,27,31H,2,4,8,15H2,1,3,5-7H3. The lowest BCUT2D eigenvalue weighted by atomic mass is 9.75. The summed E-state index contributed by atoms with van der Waals surface area (Å²) in [5.74, 6) is 0.0652. The van der Waals surface area contributed by atoms with Crippen LogP contribution in [-0.2, 0) is 12.8 Å². The van der Waals surface area contributed by atoms with E-state index in [9.17, 15) is 5.11 Å². The smallest absolute Gasteiger partial charge is 0.117 e. The Morgan fingerprint density at radius 3 is 2.58 bits per heavy atom. The van der Waals surface area contributed by atoms with Crippen LogP contribution in [0.5, 0.6) is 0 Å². The molecule has 1 unspecified atom stereocenters. The molecule has 0 saturated heterocycles. The average molecular weight is 413 g/mol. The highest BCUT2D eigenvalue weighted by molar-refractivity contribution is 5.81. The molecule has 4 rings (SSSR count). The second kappa shape index (κ2) is 7.56. The van der Waals surface area contributed by atoms with Crippen molar-refractivity contribution in [1.29, 1.82) is 0 Å². The van der Waals surface area contributed by atoms with E-state index in [0.29, 0.717) is 5.57 Å². The Balaban J connectivity index is 1.94. The van der Waals surface area contributed by atoms with E-state index >= 15 is 0 Å². The van der Waals surface area contributed by atoms with Crippen molar-refractivity contribution in [2.24, 2.45) is 5.41 Å². The first kappa shape index (κ1) is 21.2. The molecule has 0 aliphatic carbocycles. The number of pyridine rings is 1. The normalized spacial score (nSPS) is 18.2. The fourth-order valence-electron chi connectivity index (χ4n) is 4.78. The Hall–Kier alpha value is -3.07. The van der Waals surface area contributed by atoms with Crippen LogP contribution in [0.15, 0.2) is 72.8 Å². The van der Waals surface area contributed by atoms with Gasteiger partial charge in [0.05, 0.1) is 0 Å².